The summed E-state index contributed by atoms with van der Waals surface area (Å²) < 4.78 is 0. The third-order valence-electron chi connectivity index (χ3n) is 4.16. The van der Waals surface area contributed by atoms with Gasteiger partial charge in [0.15, 0.2) is 0 Å². The molecular formula is C21H20N4O2. The molecule has 0 bridgehead atoms. The molecule has 0 fully saturated rings. The summed E-state index contributed by atoms with van der Waals surface area (Å²) in [6.07, 6.45) is 3.35. The third kappa shape index (κ3) is 4.76. The minimum atomic E-state index is -0.361. The quantitative estimate of drug-likeness (QED) is 0.731. The first-order valence-corrected chi connectivity index (χ1v) is 8.56. The van der Waals surface area contributed by atoms with Gasteiger partial charge in [-0.15, -0.1) is 0 Å². The summed E-state index contributed by atoms with van der Waals surface area (Å²) in [7, 11) is 0. The Morgan fingerprint density at radius 1 is 0.926 bits per heavy atom. The van der Waals surface area contributed by atoms with Crippen molar-refractivity contribution in [2.45, 2.75) is 20.4 Å². The summed E-state index contributed by atoms with van der Waals surface area (Å²) in [5.41, 5.74) is 4.18. The molecule has 3 rings (SSSR count). The van der Waals surface area contributed by atoms with Crippen molar-refractivity contribution in [2.75, 3.05) is 5.32 Å². The van der Waals surface area contributed by atoms with Crippen LogP contribution in [-0.2, 0) is 6.54 Å². The molecule has 0 atom stereocenters. The van der Waals surface area contributed by atoms with E-state index >= 15 is 0 Å². The van der Waals surface area contributed by atoms with Crippen LogP contribution in [0.1, 0.15) is 37.7 Å². The number of nitrogens with one attached hydrogen (secondary N) is 2. The largest absolute Gasteiger partial charge is 0.347 e. The lowest BCUT2D eigenvalue weighted by Gasteiger charge is -2.09. The molecule has 6 heteroatoms. The van der Waals surface area contributed by atoms with E-state index in [4.69, 9.17) is 0 Å². The predicted octanol–water partition coefficient (Wildman–Crippen LogP) is 3.28. The molecule has 0 aliphatic carbocycles. The van der Waals surface area contributed by atoms with Crippen molar-refractivity contribution >= 4 is 17.5 Å². The summed E-state index contributed by atoms with van der Waals surface area (Å²) in [5.74, 6) is -0.708. The number of amides is 2. The minimum Gasteiger partial charge on any atom is -0.347 e. The monoisotopic (exact) mass is 360 g/mol. The number of aromatic nitrogens is 2. The number of rotatable bonds is 5. The molecule has 6 nitrogen and oxygen atoms in total. The zero-order valence-corrected chi connectivity index (χ0v) is 15.2. The predicted molar refractivity (Wildman–Crippen MR) is 104 cm³/mol. The van der Waals surface area contributed by atoms with Gasteiger partial charge in [0.2, 0.25) is 0 Å². The molecule has 0 aliphatic rings. The number of benzene rings is 1. The van der Waals surface area contributed by atoms with E-state index in [0.717, 1.165) is 16.7 Å². The maximum atomic E-state index is 12.5. The molecule has 0 saturated heterocycles. The molecule has 3 aromatic rings. The summed E-state index contributed by atoms with van der Waals surface area (Å²) in [6, 6.07) is 14.1. The first kappa shape index (κ1) is 18.3. The highest BCUT2D eigenvalue weighted by molar-refractivity contribution is 6.03. The number of anilines is 1. The Balaban J connectivity index is 1.67. The van der Waals surface area contributed by atoms with Crippen molar-refractivity contribution in [3.05, 3.63) is 89.0 Å². The summed E-state index contributed by atoms with van der Waals surface area (Å²) >= 11 is 0. The van der Waals surface area contributed by atoms with Gasteiger partial charge in [-0.1, -0.05) is 18.2 Å². The second-order valence-electron chi connectivity index (χ2n) is 6.21. The molecule has 0 unspecified atom stereocenters. The van der Waals surface area contributed by atoms with Gasteiger partial charge in [0.1, 0.15) is 11.4 Å². The number of hydrogen-bond donors (Lipinski definition) is 2. The molecule has 27 heavy (non-hydrogen) atoms. The van der Waals surface area contributed by atoms with Crippen molar-refractivity contribution in [3.8, 4) is 0 Å². The van der Waals surface area contributed by atoms with Crippen LogP contribution in [0.3, 0.4) is 0 Å². The van der Waals surface area contributed by atoms with Gasteiger partial charge in [-0.25, -0.2) is 4.98 Å². The Morgan fingerprint density at radius 2 is 1.70 bits per heavy atom. The molecule has 2 heterocycles. The fourth-order valence-corrected chi connectivity index (χ4v) is 2.48. The number of pyridine rings is 2. The third-order valence-corrected chi connectivity index (χ3v) is 4.16. The van der Waals surface area contributed by atoms with E-state index in [0.29, 0.717) is 12.2 Å². The van der Waals surface area contributed by atoms with Gasteiger partial charge in [0, 0.05) is 24.6 Å². The number of hydrogen-bond acceptors (Lipinski definition) is 4. The van der Waals surface area contributed by atoms with Crippen LogP contribution in [0, 0.1) is 13.8 Å². The highest BCUT2D eigenvalue weighted by Crippen LogP contribution is 2.15. The Kier molecular flexibility index (Phi) is 5.56. The van der Waals surface area contributed by atoms with Gasteiger partial charge >= 0.3 is 0 Å². The zero-order valence-electron chi connectivity index (χ0n) is 15.2. The van der Waals surface area contributed by atoms with E-state index in [2.05, 4.69) is 20.6 Å². The van der Waals surface area contributed by atoms with Crippen molar-refractivity contribution in [1.29, 1.82) is 0 Å². The van der Waals surface area contributed by atoms with E-state index in [1.807, 2.05) is 38.1 Å². The lowest BCUT2D eigenvalue weighted by Crippen LogP contribution is -2.25. The van der Waals surface area contributed by atoms with Crippen LogP contribution >= 0.6 is 0 Å². The molecule has 0 radical (unpaired) electrons. The Bertz CT molecular complexity index is 971. The first-order chi connectivity index (χ1) is 13.0. The first-order valence-electron chi connectivity index (χ1n) is 8.56. The van der Waals surface area contributed by atoms with Crippen LogP contribution in [-0.4, -0.2) is 21.8 Å². The number of carbonyl (C=O) groups excluding carboxylic acids is 2. The van der Waals surface area contributed by atoms with E-state index in [9.17, 15) is 9.59 Å². The smallest absolute Gasteiger partial charge is 0.274 e. The highest BCUT2D eigenvalue weighted by Gasteiger charge is 2.13. The molecule has 0 spiro atoms. The number of aryl methyl sites for hydroxylation is 2. The summed E-state index contributed by atoms with van der Waals surface area (Å²) in [6.45, 7) is 4.33. The van der Waals surface area contributed by atoms with Gasteiger partial charge < -0.3 is 10.6 Å². The van der Waals surface area contributed by atoms with Crippen LogP contribution in [0.2, 0.25) is 0 Å². The molecule has 1 aromatic carbocycles. The number of nitrogens with zero attached hydrogens (tertiary/aromatic N) is 2. The normalized spacial score (nSPS) is 10.3. The van der Waals surface area contributed by atoms with Crippen LogP contribution in [0.5, 0.6) is 0 Å². The van der Waals surface area contributed by atoms with Gasteiger partial charge in [-0.05, 0) is 60.9 Å². The molecular weight excluding hydrogens is 340 g/mol. The van der Waals surface area contributed by atoms with Gasteiger partial charge in [-0.2, -0.15) is 0 Å². The molecule has 0 aliphatic heterocycles. The van der Waals surface area contributed by atoms with Crippen molar-refractivity contribution in [1.82, 2.24) is 15.3 Å². The Morgan fingerprint density at radius 3 is 2.41 bits per heavy atom. The van der Waals surface area contributed by atoms with Gasteiger partial charge in [-0.3, -0.25) is 14.6 Å². The maximum Gasteiger partial charge on any atom is 0.274 e. The average Bonchev–Trinajstić information content (AvgIpc) is 2.70. The van der Waals surface area contributed by atoms with Gasteiger partial charge in [0.05, 0.1) is 0 Å². The molecule has 2 aromatic heterocycles. The highest BCUT2D eigenvalue weighted by atomic mass is 16.2. The standard InChI is InChI=1S/C21H20N4O2/c1-14-8-9-17(11-15(14)2)24-21(27)19-7-3-6-18(25-19)20(26)23-13-16-5-4-10-22-12-16/h3-12H,13H2,1-2H3,(H,23,26)(H,24,27). The fraction of sp³-hybridized carbons (Fsp3) is 0.143. The summed E-state index contributed by atoms with van der Waals surface area (Å²) in [4.78, 5) is 32.9. The lowest BCUT2D eigenvalue weighted by molar-refractivity contribution is 0.0945. The fourth-order valence-electron chi connectivity index (χ4n) is 2.48. The average molecular weight is 360 g/mol. The van der Waals surface area contributed by atoms with Crippen molar-refractivity contribution < 1.29 is 9.59 Å². The molecule has 2 N–H and O–H groups in total. The van der Waals surface area contributed by atoms with E-state index in [1.54, 1.807) is 36.7 Å². The van der Waals surface area contributed by atoms with E-state index in [-0.39, 0.29) is 23.2 Å². The molecule has 0 saturated carbocycles. The summed E-state index contributed by atoms with van der Waals surface area (Å²) in [5, 5.41) is 5.58. The van der Waals surface area contributed by atoms with Crippen LogP contribution < -0.4 is 10.6 Å². The zero-order chi connectivity index (χ0) is 19.2. The number of carbonyl (C=O) groups is 2. The van der Waals surface area contributed by atoms with Crippen molar-refractivity contribution in [3.63, 3.8) is 0 Å². The van der Waals surface area contributed by atoms with Crippen molar-refractivity contribution in [2.24, 2.45) is 0 Å². The topological polar surface area (TPSA) is 84.0 Å². The maximum absolute atomic E-state index is 12.5. The lowest BCUT2D eigenvalue weighted by atomic mass is 10.1. The molecule has 136 valence electrons. The van der Waals surface area contributed by atoms with Gasteiger partial charge in [0.25, 0.3) is 11.8 Å². The minimum absolute atomic E-state index is 0.183. The Labute approximate surface area is 157 Å². The SMILES string of the molecule is Cc1ccc(NC(=O)c2cccc(C(=O)NCc3cccnc3)n2)cc1C. The van der Waals surface area contributed by atoms with E-state index < -0.39 is 0 Å². The Hall–Kier alpha value is -3.54. The van der Waals surface area contributed by atoms with E-state index in [1.165, 1.54) is 0 Å². The molecule has 2 amide bonds. The van der Waals surface area contributed by atoms with Crippen LogP contribution in [0.15, 0.2) is 60.9 Å². The van der Waals surface area contributed by atoms with Crippen LogP contribution in [0.25, 0.3) is 0 Å². The van der Waals surface area contributed by atoms with Crippen LogP contribution in [0.4, 0.5) is 5.69 Å². The second kappa shape index (κ2) is 8.23. The second-order valence-corrected chi connectivity index (χ2v) is 6.21.